The molecule has 1 aliphatic rings. The van der Waals surface area contributed by atoms with E-state index in [-0.39, 0.29) is 0 Å². The third-order valence-corrected chi connectivity index (χ3v) is 7.02. The van der Waals surface area contributed by atoms with E-state index in [9.17, 15) is 0 Å². The van der Waals surface area contributed by atoms with Crippen molar-refractivity contribution in [1.82, 2.24) is 0 Å². The van der Waals surface area contributed by atoms with E-state index in [0.29, 0.717) is 4.83 Å². The first-order chi connectivity index (χ1) is 9.25. The highest BCUT2D eigenvalue weighted by molar-refractivity contribution is 9.10. The van der Waals surface area contributed by atoms with Crippen LogP contribution < -0.4 is 0 Å². The van der Waals surface area contributed by atoms with Crippen molar-refractivity contribution in [2.75, 3.05) is 0 Å². The molecule has 1 fully saturated rings. The fourth-order valence-corrected chi connectivity index (χ4v) is 5.89. The molecule has 0 N–H and O–H groups in total. The number of hydrogen-bond acceptors (Lipinski definition) is 1. The third kappa shape index (κ3) is 3.08. The van der Waals surface area contributed by atoms with Gasteiger partial charge in [-0.25, -0.2) is 0 Å². The Balaban J connectivity index is 1.81. The van der Waals surface area contributed by atoms with E-state index in [0.717, 1.165) is 5.92 Å². The van der Waals surface area contributed by atoms with Crippen LogP contribution in [0.1, 0.15) is 48.9 Å². The minimum absolute atomic E-state index is 0.513. The summed E-state index contributed by atoms with van der Waals surface area (Å²) in [7, 11) is 0. The number of hydrogen-bond donors (Lipinski definition) is 0. The van der Waals surface area contributed by atoms with Crippen LogP contribution in [0.4, 0.5) is 0 Å². The summed E-state index contributed by atoms with van der Waals surface area (Å²) >= 11 is 9.44. The molecule has 0 aliphatic heterocycles. The quantitative estimate of drug-likeness (QED) is 0.482. The number of fused-ring (bicyclic) bond motifs is 1. The fourth-order valence-electron chi connectivity index (χ4n) is 3.13. The smallest absolute Gasteiger partial charge is 0.0488 e. The molecule has 1 aromatic carbocycles. The molecular formula is C16H18Br2S. The third-order valence-electron chi connectivity index (χ3n) is 4.18. The monoisotopic (exact) mass is 400 g/mol. The Bertz CT molecular complexity index is 555. The second-order valence-corrected chi connectivity index (χ2v) is 8.35. The van der Waals surface area contributed by atoms with Gasteiger partial charge in [-0.1, -0.05) is 60.2 Å². The van der Waals surface area contributed by atoms with Crippen LogP contribution in [0.15, 0.2) is 28.1 Å². The van der Waals surface area contributed by atoms with Crippen LogP contribution in [0.5, 0.6) is 0 Å². The molecule has 2 aromatic rings. The van der Waals surface area contributed by atoms with Gasteiger partial charge in [0.2, 0.25) is 0 Å². The van der Waals surface area contributed by atoms with Crippen molar-refractivity contribution in [3.05, 3.63) is 33.6 Å². The molecule has 0 bridgehead atoms. The van der Waals surface area contributed by atoms with Gasteiger partial charge in [0.05, 0.1) is 0 Å². The molecule has 0 amide bonds. The minimum atomic E-state index is 0.513. The van der Waals surface area contributed by atoms with Crippen LogP contribution in [0.2, 0.25) is 0 Å². The average Bonchev–Trinajstić information content (AvgIpc) is 2.85. The predicted octanol–water partition coefficient (Wildman–Crippen LogP) is 7.07. The molecule has 19 heavy (non-hydrogen) atoms. The lowest BCUT2D eigenvalue weighted by molar-refractivity contribution is 0.339. The van der Waals surface area contributed by atoms with Crippen molar-refractivity contribution in [2.24, 2.45) is 5.92 Å². The van der Waals surface area contributed by atoms with Gasteiger partial charge < -0.3 is 0 Å². The van der Waals surface area contributed by atoms with Crippen molar-refractivity contribution in [2.45, 2.75) is 43.4 Å². The minimum Gasteiger partial charge on any atom is -0.142 e. The number of alkyl halides is 1. The summed E-state index contributed by atoms with van der Waals surface area (Å²) in [5, 5.41) is 3.74. The maximum Gasteiger partial charge on any atom is 0.0488 e. The molecule has 0 nitrogen and oxygen atoms in total. The Morgan fingerprint density at radius 3 is 2.79 bits per heavy atom. The van der Waals surface area contributed by atoms with Gasteiger partial charge in [-0.2, -0.15) is 0 Å². The van der Waals surface area contributed by atoms with E-state index in [1.807, 2.05) is 11.3 Å². The summed E-state index contributed by atoms with van der Waals surface area (Å²) in [4.78, 5) is 0.513. The zero-order valence-corrected chi connectivity index (χ0v) is 14.9. The molecule has 0 radical (unpaired) electrons. The van der Waals surface area contributed by atoms with Gasteiger partial charge in [0.15, 0.2) is 0 Å². The molecule has 1 aromatic heterocycles. The maximum atomic E-state index is 3.94. The van der Waals surface area contributed by atoms with Crippen molar-refractivity contribution >= 4 is 53.3 Å². The topological polar surface area (TPSA) is 0 Å². The van der Waals surface area contributed by atoms with Crippen LogP contribution in [0, 0.1) is 5.92 Å². The van der Waals surface area contributed by atoms with E-state index in [1.54, 1.807) is 0 Å². The highest BCUT2D eigenvalue weighted by Crippen LogP contribution is 2.42. The van der Waals surface area contributed by atoms with Gasteiger partial charge in [-0.15, -0.1) is 11.3 Å². The lowest BCUT2D eigenvalue weighted by atomic mass is 9.85. The van der Waals surface area contributed by atoms with E-state index in [4.69, 9.17) is 0 Å². The molecule has 0 spiro atoms. The Kier molecular flexibility index (Phi) is 4.66. The molecule has 1 saturated carbocycles. The fraction of sp³-hybridized carbons (Fsp3) is 0.500. The highest BCUT2D eigenvalue weighted by Gasteiger charge is 2.20. The molecule has 1 aliphatic carbocycles. The van der Waals surface area contributed by atoms with Crippen molar-refractivity contribution in [3.8, 4) is 0 Å². The SMILES string of the molecule is Brc1cccc2c(C(Br)CC3CCCCC3)csc12. The number of thiophene rings is 1. The molecular weight excluding hydrogens is 384 g/mol. The lowest BCUT2D eigenvalue weighted by Crippen LogP contribution is -2.08. The Hall–Kier alpha value is 0.140. The molecule has 3 heteroatoms. The Labute approximate surface area is 135 Å². The molecule has 1 heterocycles. The van der Waals surface area contributed by atoms with Crippen molar-refractivity contribution in [1.29, 1.82) is 0 Å². The van der Waals surface area contributed by atoms with Crippen molar-refractivity contribution in [3.63, 3.8) is 0 Å². The first-order valence-corrected chi connectivity index (χ1v) is 9.64. The highest BCUT2D eigenvalue weighted by atomic mass is 79.9. The van der Waals surface area contributed by atoms with Crippen LogP contribution in [-0.4, -0.2) is 0 Å². The summed E-state index contributed by atoms with van der Waals surface area (Å²) in [5.41, 5.74) is 1.48. The van der Waals surface area contributed by atoms with Gasteiger partial charge >= 0.3 is 0 Å². The second kappa shape index (κ2) is 6.28. The van der Waals surface area contributed by atoms with Crippen LogP contribution >= 0.6 is 43.2 Å². The maximum absolute atomic E-state index is 3.94. The van der Waals surface area contributed by atoms with Gasteiger partial charge in [0, 0.05) is 14.0 Å². The summed E-state index contributed by atoms with van der Waals surface area (Å²) in [6.45, 7) is 0. The van der Waals surface area contributed by atoms with Gasteiger partial charge in [-0.3, -0.25) is 0 Å². The first-order valence-electron chi connectivity index (χ1n) is 7.05. The van der Waals surface area contributed by atoms with E-state index in [2.05, 4.69) is 55.4 Å². The molecule has 102 valence electrons. The van der Waals surface area contributed by atoms with E-state index >= 15 is 0 Å². The lowest BCUT2D eigenvalue weighted by Gasteiger charge is -2.23. The van der Waals surface area contributed by atoms with Crippen molar-refractivity contribution < 1.29 is 0 Å². The van der Waals surface area contributed by atoms with E-state index in [1.165, 1.54) is 58.6 Å². The predicted molar refractivity (Wildman–Crippen MR) is 92.4 cm³/mol. The molecule has 1 unspecified atom stereocenters. The van der Waals surface area contributed by atoms with Crippen LogP contribution in [0.25, 0.3) is 10.1 Å². The summed E-state index contributed by atoms with van der Waals surface area (Å²) in [5.74, 6) is 0.917. The first kappa shape index (κ1) is 14.1. The molecule has 3 rings (SSSR count). The summed E-state index contributed by atoms with van der Waals surface area (Å²) < 4.78 is 2.60. The largest absolute Gasteiger partial charge is 0.142 e. The normalized spacial score (nSPS) is 18.8. The van der Waals surface area contributed by atoms with Crippen LogP contribution in [0.3, 0.4) is 0 Å². The average molecular weight is 402 g/mol. The zero-order valence-electron chi connectivity index (χ0n) is 10.9. The number of halogens is 2. The van der Waals surface area contributed by atoms with Gasteiger partial charge in [0.1, 0.15) is 0 Å². The van der Waals surface area contributed by atoms with E-state index < -0.39 is 0 Å². The second-order valence-electron chi connectivity index (χ2n) is 5.51. The van der Waals surface area contributed by atoms with Gasteiger partial charge in [-0.05, 0) is 50.7 Å². The van der Waals surface area contributed by atoms with Crippen LogP contribution in [-0.2, 0) is 0 Å². The van der Waals surface area contributed by atoms with Gasteiger partial charge in [0.25, 0.3) is 0 Å². The number of rotatable bonds is 3. The summed E-state index contributed by atoms with van der Waals surface area (Å²) in [6, 6.07) is 6.52. The standard InChI is InChI=1S/C16H18Br2S/c17-14-8-4-7-12-13(10-19-16(12)14)15(18)9-11-5-2-1-3-6-11/h4,7-8,10-11,15H,1-3,5-6,9H2. The molecule has 0 saturated heterocycles. The molecule has 1 atom stereocenters. The Morgan fingerprint density at radius 1 is 1.21 bits per heavy atom. The zero-order chi connectivity index (χ0) is 13.2. The Morgan fingerprint density at radius 2 is 2.00 bits per heavy atom. The summed E-state index contributed by atoms with van der Waals surface area (Å²) in [6.07, 6.45) is 8.44. The number of benzene rings is 1.